The fourth-order valence-corrected chi connectivity index (χ4v) is 8.35. The third-order valence-electron chi connectivity index (χ3n) is 7.32. The van der Waals surface area contributed by atoms with Gasteiger partial charge in [-0.2, -0.15) is 0 Å². The van der Waals surface area contributed by atoms with E-state index in [0.717, 1.165) is 43.6 Å². The van der Waals surface area contributed by atoms with Crippen LogP contribution >= 0.6 is 39.0 Å². The summed E-state index contributed by atoms with van der Waals surface area (Å²) in [4.78, 5) is 66.0. The Hall–Kier alpha value is -4.07. The number of anilines is 2. The number of carbonyl (C=O) groups excluding carboxylic acids is 3. The zero-order valence-corrected chi connectivity index (χ0v) is 25.1. The van der Waals surface area contributed by atoms with Crippen LogP contribution in [0.4, 0.5) is 17.1 Å². The van der Waals surface area contributed by atoms with Crippen molar-refractivity contribution in [2.45, 2.75) is 29.7 Å². The molecule has 2 aliphatic rings. The average molecular weight is 666 g/mol. The van der Waals surface area contributed by atoms with Gasteiger partial charge in [0.15, 0.2) is 0 Å². The van der Waals surface area contributed by atoms with Crippen LogP contribution in [0.5, 0.6) is 0 Å². The highest BCUT2D eigenvalue weighted by Crippen LogP contribution is 2.54. The molecule has 1 N–H and O–H groups in total. The lowest BCUT2D eigenvalue weighted by atomic mass is 9.83. The molecule has 0 spiro atoms. The van der Waals surface area contributed by atoms with E-state index in [2.05, 4.69) is 21.2 Å². The summed E-state index contributed by atoms with van der Waals surface area (Å²) >= 11 is 5.51. The number of thioether (sulfide) groups is 1. The largest absolute Gasteiger partial charge is 0.324 e. The molecule has 2 unspecified atom stereocenters. The van der Waals surface area contributed by atoms with Crippen molar-refractivity contribution < 1.29 is 19.3 Å². The molecule has 6 rings (SSSR count). The first-order valence-corrected chi connectivity index (χ1v) is 15.3. The van der Waals surface area contributed by atoms with Crippen molar-refractivity contribution in [1.82, 2.24) is 4.57 Å². The molecule has 212 valence electrons. The van der Waals surface area contributed by atoms with Crippen molar-refractivity contribution in [1.29, 1.82) is 0 Å². The van der Waals surface area contributed by atoms with Crippen molar-refractivity contribution in [2.75, 3.05) is 10.2 Å². The summed E-state index contributed by atoms with van der Waals surface area (Å²) in [6, 6.07) is 19.9. The first-order chi connectivity index (χ1) is 20.1. The smallest absolute Gasteiger partial charge is 0.308 e. The monoisotopic (exact) mass is 664 g/mol. The number of imide groups is 1. The topological polar surface area (TPSA) is 132 Å². The number of benzene rings is 3. The summed E-state index contributed by atoms with van der Waals surface area (Å²) in [5.41, 5.74) is 2.33. The lowest BCUT2D eigenvalue weighted by Crippen LogP contribution is -2.33. The fourth-order valence-electron chi connectivity index (χ4n) is 5.31. The molecule has 3 amide bonds. The van der Waals surface area contributed by atoms with Crippen LogP contribution < -0.4 is 15.1 Å². The Morgan fingerprint density at radius 2 is 1.69 bits per heavy atom. The van der Waals surface area contributed by atoms with Gasteiger partial charge in [0.1, 0.15) is 11.8 Å². The summed E-state index contributed by atoms with van der Waals surface area (Å²) < 4.78 is 2.19. The van der Waals surface area contributed by atoms with Gasteiger partial charge in [0.05, 0.1) is 21.6 Å². The second-order valence-corrected chi connectivity index (χ2v) is 12.9. The number of halogens is 1. The Kier molecular flexibility index (Phi) is 7.33. The lowest BCUT2D eigenvalue weighted by Gasteiger charge is -2.30. The quantitative estimate of drug-likeness (QED) is 0.168. The van der Waals surface area contributed by atoms with E-state index < -0.39 is 39.7 Å². The Balaban J connectivity index is 1.40. The molecule has 4 aromatic rings. The minimum atomic E-state index is -0.867. The van der Waals surface area contributed by atoms with E-state index in [0.29, 0.717) is 15.6 Å². The van der Waals surface area contributed by atoms with Gasteiger partial charge in [0.2, 0.25) is 17.7 Å². The number of aryl methyl sites for hydroxylation is 1. The molecule has 1 fully saturated rings. The number of non-ortho nitro benzene ring substituents is 1. The first-order valence-electron chi connectivity index (χ1n) is 12.8. The highest BCUT2D eigenvalue weighted by molar-refractivity contribution is 9.10. The Bertz CT molecular complexity index is 1820. The molecule has 0 aliphatic carbocycles. The minimum Gasteiger partial charge on any atom is -0.324 e. The highest BCUT2D eigenvalue weighted by Gasteiger charge is 2.56. The van der Waals surface area contributed by atoms with E-state index in [1.54, 1.807) is 12.1 Å². The standard InChI is InChI=1S/C29H21BrN4O6S2/c1-15-4-2-3-5-20(15)31-21(35)14-32-28-25(42-29(32)38)22(16-6-8-17(30)9-7-16)23-24(41-28)27(37)33(26(23)36)18-10-12-19(13-11-18)34(39)40/h2-13,22-24H,14H2,1H3,(H,31,35)/t22-,23?,24?/m1/s1. The molecule has 2 aliphatic heterocycles. The Morgan fingerprint density at radius 1 is 1.00 bits per heavy atom. The van der Waals surface area contributed by atoms with Crippen LogP contribution in [0.2, 0.25) is 0 Å². The van der Waals surface area contributed by atoms with E-state index in [1.165, 1.54) is 28.8 Å². The number of nitro benzene ring substituents is 1. The van der Waals surface area contributed by atoms with Gasteiger partial charge < -0.3 is 5.32 Å². The molecule has 0 bridgehead atoms. The van der Waals surface area contributed by atoms with Gasteiger partial charge in [-0.15, -0.1) is 0 Å². The van der Waals surface area contributed by atoms with Crippen LogP contribution in [-0.4, -0.2) is 32.5 Å². The summed E-state index contributed by atoms with van der Waals surface area (Å²) in [6.07, 6.45) is 0. The van der Waals surface area contributed by atoms with E-state index in [9.17, 15) is 29.3 Å². The second-order valence-electron chi connectivity index (χ2n) is 9.87. The lowest BCUT2D eigenvalue weighted by molar-refractivity contribution is -0.384. The van der Waals surface area contributed by atoms with Crippen molar-refractivity contribution in [3.05, 3.63) is 113 Å². The molecular weight excluding hydrogens is 644 g/mol. The van der Waals surface area contributed by atoms with E-state index in [-0.39, 0.29) is 22.8 Å². The maximum atomic E-state index is 13.9. The second kappa shape index (κ2) is 11.0. The van der Waals surface area contributed by atoms with Crippen molar-refractivity contribution >= 4 is 73.8 Å². The molecule has 0 radical (unpaired) electrons. The number of rotatable bonds is 6. The summed E-state index contributed by atoms with van der Waals surface area (Å²) in [5, 5.41) is 13.6. The summed E-state index contributed by atoms with van der Waals surface area (Å²) in [6.45, 7) is 1.61. The number of amides is 3. The van der Waals surface area contributed by atoms with Crippen molar-refractivity contribution in [2.24, 2.45) is 5.92 Å². The number of hydrogen-bond donors (Lipinski definition) is 1. The molecule has 1 aromatic heterocycles. The average Bonchev–Trinajstić information content (AvgIpc) is 3.41. The normalized spacial score (nSPS) is 19.4. The van der Waals surface area contributed by atoms with Gasteiger partial charge in [-0.05, 0) is 48.4 Å². The number of nitrogens with one attached hydrogen (secondary N) is 1. The van der Waals surface area contributed by atoms with Crippen LogP contribution in [0.3, 0.4) is 0 Å². The number of carbonyl (C=O) groups is 3. The Labute approximate surface area is 255 Å². The maximum absolute atomic E-state index is 13.9. The van der Waals surface area contributed by atoms with Crippen molar-refractivity contribution in [3.8, 4) is 0 Å². The minimum absolute atomic E-state index is 0.160. The molecule has 0 saturated carbocycles. The number of nitro groups is 1. The van der Waals surface area contributed by atoms with Gasteiger partial charge in [-0.1, -0.05) is 69.4 Å². The molecule has 13 heteroatoms. The predicted molar refractivity (Wildman–Crippen MR) is 163 cm³/mol. The first kappa shape index (κ1) is 28.1. The number of thiazole rings is 1. The van der Waals surface area contributed by atoms with Gasteiger partial charge >= 0.3 is 4.87 Å². The third-order valence-corrected chi connectivity index (χ3v) is 10.5. The molecule has 3 atom stereocenters. The zero-order chi connectivity index (χ0) is 29.7. The highest BCUT2D eigenvalue weighted by atomic mass is 79.9. The number of fused-ring (bicyclic) bond motifs is 2. The molecule has 42 heavy (non-hydrogen) atoms. The zero-order valence-electron chi connectivity index (χ0n) is 21.9. The van der Waals surface area contributed by atoms with Crippen LogP contribution in [0.1, 0.15) is 21.9 Å². The number of hydrogen-bond acceptors (Lipinski definition) is 8. The summed E-state index contributed by atoms with van der Waals surface area (Å²) in [7, 11) is 0. The van der Waals surface area contributed by atoms with E-state index in [1.807, 2.05) is 43.3 Å². The number of aromatic nitrogens is 1. The predicted octanol–water partition coefficient (Wildman–Crippen LogP) is 5.32. The van der Waals surface area contributed by atoms with Crippen LogP contribution in [0.25, 0.3) is 0 Å². The number of nitrogens with zero attached hydrogens (tertiary/aromatic N) is 3. The van der Waals surface area contributed by atoms with Crippen LogP contribution in [0.15, 0.2) is 87.1 Å². The van der Waals surface area contributed by atoms with Gasteiger partial charge in [-0.3, -0.25) is 33.9 Å². The van der Waals surface area contributed by atoms with E-state index >= 15 is 0 Å². The number of para-hydroxylation sites is 1. The molecule has 1 saturated heterocycles. The molecule has 10 nitrogen and oxygen atoms in total. The van der Waals surface area contributed by atoms with E-state index in [4.69, 9.17) is 0 Å². The Morgan fingerprint density at radius 3 is 2.36 bits per heavy atom. The molecule has 3 heterocycles. The van der Waals surface area contributed by atoms with Gasteiger partial charge in [0.25, 0.3) is 5.69 Å². The van der Waals surface area contributed by atoms with Crippen LogP contribution in [0, 0.1) is 23.0 Å². The fraction of sp³-hybridized carbons (Fsp3) is 0.172. The van der Waals surface area contributed by atoms with Crippen molar-refractivity contribution in [3.63, 3.8) is 0 Å². The third kappa shape index (κ3) is 4.86. The van der Waals surface area contributed by atoms with Gasteiger partial charge in [0, 0.05) is 33.1 Å². The SMILES string of the molecule is Cc1ccccc1NC(=O)Cn1c2c(sc1=O)[C@H](c1ccc(Br)cc1)C1C(=O)N(c3ccc([N+](=O)[O-])cc3)C(=O)C1S2. The van der Waals surface area contributed by atoms with Gasteiger partial charge in [-0.25, -0.2) is 4.90 Å². The molecule has 3 aromatic carbocycles. The van der Waals surface area contributed by atoms with Crippen LogP contribution in [-0.2, 0) is 20.9 Å². The molecular formula is C29H21BrN4O6S2. The maximum Gasteiger partial charge on any atom is 0.308 e. The summed E-state index contributed by atoms with van der Waals surface area (Å²) in [5.74, 6) is -2.76.